The number of amides is 2. The molecule has 0 aliphatic carbocycles. The molecule has 0 spiro atoms. The predicted molar refractivity (Wildman–Crippen MR) is 110 cm³/mol. The van der Waals surface area contributed by atoms with Gasteiger partial charge in [-0.1, -0.05) is 0 Å². The number of amidine groups is 1. The molecule has 9 nitrogen and oxygen atoms in total. The number of nitrogens with two attached hydrogens (primary N) is 2. The van der Waals surface area contributed by atoms with E-state index in [1.54, 1.807) is 31.2 Å². The minimum absolute atomic E-state index is 0.0980. The van der Waals surface area contributed by atoms with E-state index >= 15 is 0 Å². The van der Waals surface area contributed by atoms with Gasteiger partial charge in [0.1, 0.15) is 23.4 Å². The molecule has 156 valence electrons. The lowest BCUT2D eigenvalue weighted by Gasteiger charge is -2.13. The Labute approximate surface area is 172 Å². The molecule has 0 fully saturated rings. The summed E-state index contributed by atoms with van der Waals surface area (Å²) in [6, 6.07) is 8.55. The van der Waals surface area contributed by atoms with Crippen molar-refractivity contribution >= 4 is 24.4 Å². The first kappa shape index (κ1) is 22.2. The number of hydrogen-bond acceptors (Lipinski definition) is 6. The van der Waals surface area contributed by atoms with Crippen LogP contribution in [0.15, 0.2) is 64.5 Å². The number of halogens is 1. The van der Waals surface area contributed by atoms with Gasteiger partial charge in [-0.3, -0.25) is 9.59 Å². The fourth-order valence-corrected chi connectivity index (χ4v) is 2.15. The minimum atomic E-state index is -0.738. The van der Waals surface area contributed by atoms with Crippen LogP contribution < -0.4 is 21.5 Å². The third-order valence-corrected chi connectivity index (χ3v) is 3.70. The summed E-state index contributed by atoms with van der Waals surface area (Å²) >= 11 is 0. The molecule has 0 bridgehead atoms. The quantitative estimate of drug-likeness (QED) is 0.423. The molecule has 5 N–H and O–H groups in total. The normalized spacial score (nSPS) is 12.7. The maximum absolute atomic E-state index is 12.9. The summed E-state index contributed by atoms with van der Waals surface area (Å²) in [4.78, 5) is 34.4. The highest BCUT2D eigenvalue weighted by Gasteiger charge is 2.11. The molecule has 1 atom stereocenters. The van der Waals surface area contributed by atoms with Crippen molar-refractivity contribution in [1.29, 1.82) is 0 Å². The van der Waals surface area contributed by atoms with Crippen LogP contribution in [-0.2, 0) is 9.59 Å². The SMILES string of the molecule is C=NC(=N/C(=C\CC(N)=O)N[C@@H](C)C(N)=O)c1ccc(Oc2ccc(F)cn2)cc1. The van der Waals surface area contributed by atoms with Crippen LogP contribution in [0.1, 0.15) is 18.9 Å². The number of aromatic nitrogens is 1. The first-order valence-corrected chi connectivity index (χ1v) is 8.78. The van der Waals surface area contributed by atoms with Crippen LogP contribution in [0.2, 0.25) is 0 Å². The highest BCUT2D eigenvalue weighted by atomic mass is 19.1. The number of nitrogens with one attached hydrogen (secondary N) is 1. The molecule has 0 saturated heterocycles. The maximum Gasteiger partial charge on any atom is 0.239 e. The minimum Gasteiger partial charge on any atom is -0.439 e. The monoisotopic (exact) mass is 412 g/mol. The zero-order valence-corrected chi connectivity index (χ0v) is 16.2. The molecule has 1 heterocycles. The molecule has 0 saturated carbocycles. The second-order valence-electron chi connectivity index (χ2n) is 6.06. The highest BCUT2D eigenvalue weighted by molar-refractivity contribution is 6.02. The lowest BCUT2D eigenvalue weighted by molar-refractivity contribution is -0.119. The molecule has 2 aromatic rings. The van der Waals surface area contributed by atoms with E-state index in [2.05, 4.69) is 27.0 Å². The Bertz CT molecular complexity index is 971. The van der Waals surface area contributed by atoms with Crippen molar-refractivity contribution in [2.45, 2.75) is 19.4 Å². The summed E-state index contributed by atoms with van der Waals surface area (Å²) in [5.74, 6) is -0.512. The molecule has 2 rings (SSSR count). The maximum atomic E-state index is 12.9. The van der Waals surface area contributed by atoms with Crippen LogP contribution in [0.5, 0.6) is 11.6 Å². The van der Waals surface area contributed by atoms with Gasteiger partial charge in [-0.25, -0.2) is 19.4 Å². The molecule has 2 amide bonds. The summed E-state index contributed by atoms with van der Waals surface area (Å²) in [7, 11) is 0. The van der Waals surface area contributed by atoms with Crippen LogP contribution >= 0.6 is 0 Å². The third-order valence-electron chi connectivity index (χ3n) is 3.70. The van der Waals surface area contributed by atoms with Gasteiger partial charge in [0.05, 0.1) is 6.20 Å². The molecule has 0 unspecified atom stereocenters. The second kappa shape index (κ2) is 10.5. The van der Waals surface area contributed by atoms with Gasteiger partial charge in [0.15, 0.2) is 5.84 Å². The predicted octanol–water partition coefficient (Wildman–Crippen LogP) is 1.64. The zero-order chi connectivity index (χ0) is 22.1. The number of hydrogen-bond donors (Lipinski definition) is 3. The largest absolute Gasteiger partial charge is 0.439 e. The van der Waals surface area contributed by atoms with Crippen LogP contribution in [0, 0.1) is 5.82 Å². The number of pyridine rings is 1. The van der Waals surface area contributed by atoms with Crippen LogP contribution in [0.4, 0.5) is 4.39 Å². The number of rotatable bonds is 9. The lowest BCUT2D eigenvalue weighted by Crippen LogP contribution is -2.38. The Hall–Kier alpha value is -4.08. The number of nitrogens with zero attached hydrogens (tertiary/aromatic N) is 3. The summed E-state index contributed by atoms with van der Waals surface area (Å²) < 4.78 is 18.5. The Balaban J connectivity index is 2.23. The first-order valence-electron chi connectivity index (χ1n) is 8.78. The number of carbonyl (C=O) groups excluding carboxylic acids is 2. The lowest BCUT2D eigenvalue weighted by atomic mass is 10.2. The molecule has 0 aliphatic heterocycles. The van der Waals surface area contributed by atoms with E-state index in [-0.39, 0.29) is 24.0 Å². The van der Waals surface area contributed by atoms with Crippen molar-refractivity contribution in [2.75, 3.05) is 0 Å². The van der Waals surface area contributed by atoms with Gasteiger partial charge in [0, 0.05) is 18.1 Å². The van der Waals surface area contributed by atoms with Gasteiger partial charge in [-0.2, -0.15) is 0 Å². The molecule has 10 heteroatoms. The average molecular weight is 412 g/mol. The third kappa shape index (κ3) is 6.82. The average Bonchev–Trinajstić information content (AvgIpc) is 2.72. The van der Waals surface area contributed by atoms with Gasteiger partial charge in [0.2, 0.25) is 17.7 Å². The fraction of sp³-hybridized carbons (Fsp3) is 0.150. The topological polar surface area (TPSA) is 145 Å². The van der Waals surface area contributed by atoms with Gasteiger partial charge in [-0.15, -0.1) is 0 Å². The van der Waals surface area contributed by atoms with E-state index < -0.39 is 23.7 Å². The van der Waals surface area contributed by atoms with Crippen molar-refractivity contribution in [2.24, 2.45) is 21.5 Å². The molecule has 1 aromatic carbocycles. The van der Waals surface area contributed by atoms with Gasteiger partial charge in [0.25, 0.3) is 0 Å². The molecule has 30 heavy (non-hydrogen) atoms. The van der Waals surface area contributed by atoms with Gasteiger partial charge >= 0.3 is 0 Å². The van der Waals surface area contributed by atoms with Gasteiger partial charge < -0.3 is 21.5 Å². The molecular formula is C20H21FN6O3. The fourth-order valence-electron chi connectivity index (χ4n) is 2.15. The van der Waals surface area contributed by atoms with Crippen molar-refractivity contribution in [3.8, 4) is 11.6 Å². The number of carbonyl (C=O) groups is 2. The van der Waals surface area contributed by atoms with Crippen molar-refractivity contribution < 1.29 is 18.7 Å². The van der Waals surface area contributed by atoms with Gasteiger partial charge in [-0.05, 0) is 50.0 Å². The van der Waals surface area contributed by atoms with Crippen LogP contribution in [0.25, 0.3) is 0 Å². The van der Waals surface area contributed by atoms with E-state index in [4.69, 9.17) is 16.2 Å². The Kier molecular flexibility index (Phi) is 7.74. The Morgan fingerprint density at radius 3 is 2.50 bits per heavy atom. The van der Waals surface area contributed by atoms with Crippen LogP contribution in [0.3, 0.4) is 0 Å². The smallest absolute Gasteiger partial charge is 0.239 e. The number of aliphatic imine (C=N–C) groups is 2. The van der Waals surface area contributed by atoms with Crippen molar-refractivity contribution in [3.05, 3.63) is 65.9 Å². The Morgan fingerprint density at radius 2 is 1.97 bits per heavy atom. The first-order chi connectivity index (χ1) is 14.3. The number of benzene rings is 1. The van der Waals surface area contributed by atoms with E-state index in [0.29, 0.717) is 11.3 Å². The summed E-state index contributed by atoms with van der Waals surface area (Å²) in [5.41, 5.74) is 11.0. The summed E-state index contributed by atoms with van der Waals surface area (Å²) in [6.45, 7) is 5.05. The number of ether oxygens (including phenoxy) is 1. The van der Waals surface area contributed by atoms with E-state index in [9.17, 15) is 14.0 Å². The molecule has 0 aliphatic rings. The van der Waals surface area contributed by atoms with Crippen LogP contribution in [-0.4, -0.2) is 35.4 Å². The standard InChI is InChI=1S/C20H21FN6O3/c1-12(19(23)29)26-17(9-8-16(22)28)27-20(24-2)13-3-6-15(7-4-13)30-18-10-5-14(21)11-25-18/h3-7,9-12,26H,2,8H2,1H3,(H2,22,28)(H2,23,29)/b17-9-,27-20?/t12-/m0/s1. The molecular weight excluding hydrogens is 391 g/mol. The summed E-state index contributed by atoms with van der Waals surface area (Å²) in [6.07, 6.45) is 2.37. The molecule has 0 radical (unpaired) electrons. The summed E-state index contributed by atoms with van der Waals surface area (Å²) in [5, 5.41) is 2.79. The van der Waals surface area contributed by atoms with E-state index in [1.807, 2.05) is 0 Å². The van der Waals surface area contributed by atoms with Crippen molar-refractivity contribution in [3.63, 3.8) is 0 Å². The Morgan fingerprint density at radius 1 is 1.27 bits per heavy atom. The van der Waals surface area contributed by atoms with Crippen molar-refractivity contribution in [1.82, 2.24) is 10.3 Å². The highest BCUT2D eigenvalue weighted by Crippen LogP contribution is 2.20. The second-order valence-corrected chi connectivity index (χ2v) is 6.06. The van der Waals surface area contributed by atoms with E-state index in [1.165, 1.54) is 18.2 Å². The zero-order valence-electron chi connectivity index (χ0n) is 16.2. The van der Waals surface area contributed by atoms with E-state index in [0.717, 1.165) is 6.20 Å². The molecule has 1 aromatic heterocycles. The number of primary amides is 2.